The molecule has 3 rings (SSSR count). The summed E-state index contributed by atoms with van der Waals surface area (Å²) in [5.41, 5.74) is 1.63. The first-order valence-corrected chi connectivity index (χ1v) is 11.2. The second-order valence-electron chi connectivity index (χ2n) is 6.98. The molecule has 3 N–H and O–H groups in total. The Kier molecular flexibility index (Phi) is 8.47. The van der Waals surface area contributed by atoms with Crippen molar-refractivity contribution in [1.82, 2.24) is 20.9 Å². The smallest absolute Gasteiger partial charge is 0.271 e. The molecule has 0 aliphatic carbocycles. The molecule has 29 heavy (non-hydrogen) atoms. The lowest BCUT2D eigenvalue weighted by atomic mass is 10.2. The zero-order chi connectivity index (χ0) is 20.6. The maximum absolute atomic E-state index is 12.9. The molecule has 0 aromatic heterocycles. The lowest BCUT2D eigenvalue weighted by Crippen LogP contribution is -2.37. The lowest BCUT2D eigenvalue weighted by molar-refractivity contribution is -0.162. The van der Waals surface area contributed by atoms with Crippen molar-refractivity contribution in [3.63, 3.8) is 0 Å². The van der Waals surface area contributed by atoms with Crippen molar-refractivity contribution in [3.8, 4) is 0 Å². The Bertz CT molecular complexity index is 710. The van der Waals surface area contributed by atoms with Gasteiger partial charge in [0.1, 0.15) is 11.5 Å². The first-order valence-electron chi connectivity index (χ1n) is 9.93. The molecule has 0 bridgehead atoms. The third-order valence-corrected chi connectivity index (χ3v) is 5.82. The van der Waals surface area contributed by atoms with Crippen molar-refractivity contribution in [3.05, 3.63) is 46.4 Å². The summed E-state index contributed by atoms with van der Waals surface area (Å²) in [6.45, 7) is 2.44. The van der Waals surface area contributed by atoms with Gasteiger partial charge in [0.05, 0.1) is 6.61 Å². The van der Waals surface area contributed by atoms with Gasteiger partial charge in [-0.3, -0.25) is 4.79 Å². The summed E-state index contributed by atoms with van der Waals surface area (Å²) in [6, 6.07) is 7.61. The van der Waals surface area contributed by atoms with Gasteiger partial charge in [-0.25, -0.2) is 0 Å². The van der Waals surface area contributed by atoms with Crippen LogP contribution in [0.5, 0.6) is 0 Å². The van der Waals surface area contributed by atoms with Gasteiger partial charge in [-0.2, -0.15) is 0 Å². The molecule has 0 spiro atoms. The van der Waals surface area contributed by atoms with E-state index in [2.05, 4.69) is 31.9 Å². The van der Waals surface area contributed by atoms with Crippen LogP contribution in [0.3, 0.4) is 0 Å². The van der Waals surface area contributed by atoms with Gasteiger partial charge >= 0.3 is 0 Å². The third kappa shape index (κ3) is 6.25. The average molecular weight is 488 g/mol. The second kappa shape index (κ2) is 11.1. The molecule has 7 nitrogen and oxygen atoms in total. The van der Waals surface area contributed by atoms with Gasteiger partial charge in [0.25, 0.3) is 5.91 Å². The van der Waals surface area contributed by atoms with E-state index in [1.54, 1.807) is 7.05 Å². The highest BCUT2D eigenvalue weighted by molar-refractivity contribution is 9.09. The van der Waals surface area contributed by atoms with Crippen molar-refractivity contribution >= 4 is 33.4 Å². The number of halogens is 2. The number of ether oxygens (including phenoxy) is 2. The molecule has 2 aliphatic heterocycles. The molecular formula is C20H28BrClN4O3. The van der Waals surface area contributed by atoms with Crippen LogP contribution in [0.2, 0.25) is 5.02 Å². The zero-order valence-electron chi connectivity index (χ0n) is 16.5. The molecule has 9 heteroatoms. The number of benzene rings is 1. The van der Waals surface area contributed by atoms with Gasteiger partial charge in [-0.05, 0) is 59.3 Å². The SMILES string of the molecule is CNC1=C(C(=O)NCCCOC2CCCCO2)N(Cc2ccc(Cl)cc2)C(Br)N1. The quantitative estimate of drug-likeness (QED) is 0.283. The largest absolute Gasteiger partial charge is 0.373 e. The molecular weight excluding hydrogens is 460 g/mol. The number of nitrogens with zero attached hydrogens (tertiary/aromatic N) is 1. The van der Waals surface area contributed by atoms with Crippen molar-refractivity contribution in [1.29, 1.82) is 0 Å². The minimum Gasteiger partial charge on any atom is -0.373 e. The van der Waals surface area contributed by atoms with Crippen LogP contribution in [0.25, 0.3) is 0 Å². The van der Waals surface area contributed by atoms with Crippen LogP contribution in [0.1, 0.15) is 31.2 Å². The Balaban J connectivity index is 1.52. The fraction of sp³-hybridized carbons (Fsp3) is 0.550. The van der Waals surface area contributed by atoms with Crippen LogP contribution < -0.4 is 16.0 Å². The Morgan fingerprint density at radius 3 is 2.86 bits per heavy atom. The second-order valence-corrected chi connectivity index (χ2v) is 8.29. The van der Waals surface area contributed by atoms with E-state index in [9.17, 15) is 4.79 Å². The van der Waals surface area contributed by atoms with E-state index in [1.807, 2.05) is 29.2 Å². The molecule has 2 atom stereocenters. The van der Waals surface area contributed by atoms with Crippen LogP contribution in [0.15, 0.2) is 35.8 Å². The van der Waals surface area contributed by atoms with Crippen molar-refractivity contribution < 1.29 is 14.3 Å². The number of alkyl halides is 1. The fourth-order valence-electron chi connectivity index (χ4n) is 3.32. The Morgan fingerprint density at radius 2 is 2.17 bits per heavy atom. The molecule has 1 amide bonds. The molecule has 1 aromatic carbocycles. The maximum atomic E-state index is 12.9. The Hall–Kier alpha value is -1.48. The van der Waals surface area contributed by atoms with Crippen LogP contribution in [0, 0.1) is 0 Å². The predicted octanol–water partition coefficient (Wildman–Crippen LogP) is 2.86. The van der Waals surface area contributed by atoms with Gasteiger partial charge in [0, 0.05) is 31.8 Å². The highest BCUT2D eigenvalue weighted by Gasteiger charge is 2.33. The van der Waals surface area contributed by atoms with E-state index in [1.165, 1.54) is 0 Å². The normalized spacial score (nSPS) is 21.8. The predicted molar refractivity (Wildman–Crippen MR) is 116 cm³/mol. The van der Waals surface area contributed by atoms with Crippen LogP contribution in [0.4, 0.5) is 0 Å². The van der Waals surface area contributed by atoms with Crippen LogP contribution >= 0.6 is 27.5 Å². The number of rotatable bonds is 9. The van der Waals surface area contributed by atoms with Gasteiger partial charge in [0.15, 0.2) is 11.4 Å². The minimum atomic E-state index is -0.187. The molecule has 2 heterocycles. The first-order chi connectivity index (χ1) is 14.1. The van der Waals surface area contributed by atoms with Gasteiger partial charge in [-0.15, -0.1) is 0 Å². The number of carbonyl (C=O) groups is 1. The summed E-state index contributed by atoms with van der Waals surface area (Å²) in [6.07, 6.45) is 3.83. The summed E-state index contributed by atoms with van der Waals surface area (Å²) < 4.78 is 11.3. The minimum absolute atomic E-state index is 0.0962. The number of hydrogen-bond donors (Lipinski definition) is 3. The standard InChI is InChI=1S/C20H28BrClN4O3/c1-23-18-17(19(27)24-10-4-12-29-16-5-2-3-11-28-16)26(20(21)25-18)13-14-6-8-15(22)9-7-14/h6-9,16,20,23,25H,2-5,10-13H2,1H3,(H,24,27). The van der Waals surface area contributed by atoms with Crippen molar-refractivity contribution in [2.75, 3.05) is 26.8 Å². The molecule has 1 aromatic rings. The number of carbonyl (C=O) groups excluding carboxylic acids is 1. The molecule has 0 radical (unpaired) electrons. The first kappa shape index (κ1) is 22.2. The van der Waals surface area contributed by atoms with E-state index < -0.39 is 0 Å². The molecule has 1 fully saturated rings. The summed E-state index contributed by atoms with van der Waals surface area (Å²) in [4.78, 5) is 14.9. The molecule has 1 saturated heterocycles. The van der Waals surface area contributed by atoms with E-state index in [-0.39, 0.29) is 17.3 Å². The highest BCUT2D eigenvalue weighted by atomic mass is 79.9. The summed E-state index contributed by atoms with van der Waals surface area (Å²) >= 11 is 9.57. The van der Waals surface area contributed by atoms with Crippen molar-refractivity contribution in [2.45, 2.75) is 43.6 Å². The number of nitrogens with one attached hydrogen (secondary N) is 3. The number of hydrogen-bond acceptors (Lipinski definition) is 6. The van der Waals surface area contributed by atoms with E-state index >= 15 is 0 Å². The zero-order valence-corrected chi connectivity index (χ0v) is 18.9. The molecule has 0 saturated carbocycles. The van der Waals surface area contributed by atoms with Crippen LogP contribution in [-0.2, 0) is 20.8 Å². The van der Waals surface area contributed by atoms with Gasteiger partial charge in [0.2, 0.25) is 0 Å². The number of amides is 1. The van der Waals surface area contributed by atoms with E-state index in [0.29, 0.717) is 36.2 Å². The lowest BCUT2D eigenvalue weighted by Gasteiger charge is -2.25. The third-order valence-electron chi connectivity index (χ3n) is 4.84. The molecule has 2 unspecified atom stereocenters. The Morgan fingerprint density at radius 1 is 1.38 bits per heavy atom. The fourth-order valence-corrected chi connectivity index (χ4v) is 4.02. The molecule has 160 valence electrons. The Labute approximate surface area is 185 Å². The summed E-state index contributed by atoms with van der Waals surface area (Å²) in [5, 5.41) is 9.81. The monoisotopic (exact) mass is 486 g/mol. The summed E-state index contributed by atoms with van der Waals surface area (Å²) in [5.74, 6) is 0.553. The molecule has 2 aliphatic rings. The van der Waals surface area contributed by atoms with E-state index in [0.717, 1.165) is 37.9 Å². The van der Waals surface area contributed by atoms with Crippen LogP contribution in [-0.4, -0.2) is 49.0 Å². The van der Waals surface area contributed by atoms with E-state index in [4.69, 9.17) is 21.1 Å². The average Bonchev–Trinajstić information content (AvgIpc) is 3.05. The maximum Gasteiger partial charge on any atom is 0.271 e. The summed E-state index contributed by atoms with van der Waals surface area (Å²) in [7, 11) is 1.79. The van der Waals surface area contributed by atoms with Gasteiger partial charge < -0.3 is 30.3 Å². The van der Waals surface area contributed by atoms with Gasteiger partial charge in [-0.1, -0.05) is 23.7 Å². The topological polar surface area (TPSA) is 74.9 Å². The van der Waals surface area contributed by atoms with Crippen molar-refractivity contribution in [2.24, 2.45) is 0 Å². The highest BCUT2D eigenvalue weighted by Crippen LogP contribution is 2.25.